The number of aliphatic hydroxyl groups excluding tert-OH is 1. The van der Waals surface area contributed by atoms with E-state index < -0.39 is 0 Å². The Morgan fingerprint density at radius 3 is 2.88 bits per heavy atom. The van der Waals surface area contributed by atoms with Gasteiger partial charge in [-0.2, -0.15) is 11.8 Å². The first-order valence-electron chi connectivity index (χ1n) is 2.38. The van der Waals surface area contributed by atoms with Gasteiger partial charge < -0.3 is 10.4 Å². The van der Waals surface area contributed by atoms with Gasteiger partial charge in [0, 0.05) is 12.3 Å². The lowest BCUT2D eigenvalue weighted by atomic mass is 10.7. The van der Waals surface area contributed by atoms with E-state index in [0.717, 1.165) is 12.3 Å². The first-order chi connectivity index (χ1) is 3.77. The molecule has 0 bridgehead atoms. The van der Waals surface area contributed by atoms with E-state index in [1.807, 2.05) is 6.26 Å². The van der Waals surface area contributed by atoms with Gasteiger partial charge in [-0.1, -0.05) is 0 Å². The van der Waals surface area contributed by atoms with E-state index in [-0.39, 0.29) is 5.88 Å². The van der Waals surface area contributed by atoms with Crippen molar-refractivity contribution >= 4 is 11.8 Å². The molecule has 0 amide bonds. The van der Waals surface area contributed by atoms with E-state index in [1.54, 1.807) is 11.8 Å². The van der Waals surface area contributed by atoms with Crippen molar-refractivity contribution in [2.75, 3.05) is 18.6 Å². The summed E-state index contributed by atoms with van der Waals surface area (Å²) in [6, 6.07) is 0. The largest absolute Gasteiger partial charge is 0.495 e. The van der Waals surface area contributed by atoms with Crippen LogP contribution in [0.15, 0.2) is 12.5 Å². The second-order valence-electron chi connectivity index (χ2n) is 1.37. The van der Waals surface area contributed by atoms with Crippen molar-refractivity contribution in [1.82, 2.24) is 5.32 Å². The van der Waals surface area contributed by atoms with Crippen LogP contribution in [0.3, 0.4) is 0 Å². The average molecular weight is 133 g/mol. The Labute approximate surface area is 54.0 Å². The predicted octanol–water partition coefficient (Wildman–Crippen LogP) is 0.968. The minimum absolute atomic E-state index is 0.0547. The zero-order chi connectivity index (χ0) is 6.41. The fourth-order valence-corrected chi connectivity index (χ4v) is 0.604. The lowest BCUT2D eigenvalue weighted by molar-refractivity contribution is 0.371. The van der Waals surface area contributed by atoms with Crippen molar-refractivity contribution in [1.29, 1.82) is 0 Å². The molecule has 0 unspecified atom stereocenters. The van der Waals surface area contributed by atoms with Crippen LogP contribution in [0.25, 0.3) is 0 Å². The van der Waals surface area contributed by atoms with Gasteiger partial charge in [-0.25, -0.2) is 0 Å². The third kappa shape index (κ3) is 5.69. The molecule has 0 saturated heterocycles. The first kappa shape index (κ1) is 7.69. The monoisotopic (exact) mass is 133 g/mol. The molecule has 2 N–H and O–H groups in total. The minimum Gasteiger partial charge on any atom is -0.495 e. The molecule has 0 aromatic heterocycles. The molecule has 0 rings (SSSR count). The maximum absolute atomic E-state index is 8.46. The summed E-state index contributed by atoms with van der Waals surface area (Å²) >= 11 is 1.73. The van der Waals surface area contributed by atoms with E-state index >= 15 is 0 Å². The third-order valence-electron chi connectivity index (χ3n) is 0.635. The molecule has 0 aliphatic carbocycles. The van der Waals surface area contributed by atoms with E-state index in [1.165, 1.54) is 0 Å². The van der Waals surface area contributed by atoms with E-state index in [4.69, 9.17) is 5.11 Å². The molecule has 0 aliphatic rings. The number of hydrogen-bond donors (Lipinski definition) is 2. The number of hydrogen-bond acceptors (Lipinski definition) is 3. The van der Waals surface area contributed by atoms with Crippen molar-refractivity contribution in [3.8, 4) is 0 Å². The van der Waals surface area contributed by atoms with Gasteiger partial charge in [-0.05, 0) is 12.8 Å². The fourth-order valence-electron chi connectivity index (χ4n) is 0.297. The highest BCUT2D eigenvalue weighted by Gasteiger charge is 1.82. The summed E-state index contributed by atoms with van der Waals surface area (Å²) in [6.07, 6.45) is 2.02. The van der Waals surface area contributed by atoms with Crippen LogP contribution in [-0.4, -0.2) is 23.7 Å². The molecule has 0 aliphatic heterocycles. The topological polar surface area (TPSA) is 32.3 Å². The van der Waals surface area contributed by atoms with Gasteiger partial charge in [0.25, 0.3) is 0 Å². The molecule has 8 heavy (non-hydrogen) atoms. The van der Waals surface area contributed by atoms with Crippen LogP contribution < -0.4 is 5.32 Å². The Hall–Kier alpha value is -0.310. The van der Waals surface area contributed by atoms with Gasteiger partial charge in [-0.15, -0.1) is 0 Å². The Bertz CT molecular complexity index is 74.8. The molecule has 2 nitrogen and oxygen atoms in total. The molecular formula is C5H11NOS. The molecule has 0 spiro atoms. The van der Waals surface area contributed by atoms with Crippen LogP contribution in [0.4, 0.5) is 0 Å². The number of thioether (sulfide) groups is 1. The van der Waals surface area contributed by atoms with Gasteiger partial charge in [0.15, 0.2) is 5.88 Å². The molecule has 0 aromatic rings. The van der Waals surface area contributed by atoms with Crippen molar-refractivity contribution in [3.63, 3.8) is 0 Å². The highest BCUT2D eigenvalue weighted by Crippen LogP contribution is 1.87. The lowest BCUT2D eigenvalue weighted by Gasteiger charge is -1.99. The summed E-state index contributed by atoms with van der Waals surface area (Å²) < 4.78 is 0. The van der Waals surface area contributed by atoms with Gasteiger partial charge in [0.1, 0.15) is 0 Å². The minimum atomic E-state index is 0.0547. The molecule has 0 aromatic carbocycles. The molecule has 48 valence electrons. The summed E-state index contributed by atoms with van der Waals surface area (Å²) in [5.74, 6) is 1.05. The Morgan fingerprint density at radius 1 is 1.88 bits per heavy atom. The number of nitrogens with one attached hydrogen (secondary N) is 1. The standard InChI is InChI=1S/C5H11NOS/c1-5(7)6-3-4-8-2/h6-7H,1,3-4H2,2H3. The zero-order valence-electron chi connectivity index (χ0n) is 4.98. The van der Waals surface area contributed by atoms with Crippen molar-refractivity contribution in [2.45, 2.75) is 0 Å². The lowest BCUT2D eigenvalue weighted by Crippen LogP contribution is -2.14. The van der Waals surface area contributed by atoms with Crippen LogP contribution in [0.1, 0.15) is 0 Å². The molecule has 0 heterocycles. The van der Waals surface area contributed by atoms with Crippen molar-refractivity contribution < 1.29 is 5.11 Å². The Morgan fingerprint density at radius 2 is 2.50 bits per heavy atom. The van der Waals surface area contributed by atoms with Crippen LogP contribution in [-0.2, 0) is 0 Å². The summed E-state index contributed by atoms with van der Waals surface area (Å²) in [5, 5.41) is 11.2. The molecular weight excluding hydrogens is 122 g/mol. The predicted molar refractivity (Wildman–Crippen MR) is 38.2 cm³/mol. The van der Waals surface area contributed by atoms with Crippen LogP contribution in [0.5, 0.6) is 0 Å². The average Bonchev–Trinajstić information content (AvgIpc) is 1.66. The van der Waals surface area contributed by atoms with Gasteiger partial charge in [-0.3, -0.25) is 0 Å². The molecule has 0 radical (unpaired) electrons. The number of rotatable bonds is 4. The van der Waals surface area contributed by atoms with Gasteiger partial charge >= 0.3 is 0 Å². The molecule has 0 saturated carbocycles. The van der Waals surface area contributed by atoms with Gasteiger partial charge in [0.2, 0.25) is 0 Å². The highest BCUT2D eigenvalue weighted by molar-refractivity contribution is 7.98. The second-order valence-corrected chi connectivity index (χ2v) is 2.35. The SMILES string of the molecule is C=C(O)NCCSC. The normalized spacial score (nSPS) is 8.62. The summed E-state index contributed by atoms with van der Waals surface area (Å²) in [5.41, 5.74) is 0. The highest BCUT2D eigenvalue weighted by atomic mass is 32.2. The Balaban J connectivity index is 2.82. The number of aliphatic hydroxyl groups is 1. The maximum atomic E-state index is 8.46. The maximum Gasteiger partial charge on any atom is 0.176 e. The first-order valence-corrected chi connectivity index (χ1v) is 3.77. The van der Waals surface area contributed by atoms with Gasteiger partial charge in [0.05, 0.1) is 0 Å². The third-order valence-corrected chi connectivity index (χ3v) is 1.25. The summed E-state index contributed by atoms with van der Waals surface area (Å²) in [6.45, 7) is 4.05. The van der Waals surface area contributed by atoms with Crippen LogP contribution >= 0.6 is 11.8 Å². The fraction of sp³-hybridized carbons (Fsp3) is 0.600. The van der Waals surface area contributed by atoms with E-state index in [2.05, 4.69) is 11.9 Å². The van der Waals surface area contributed by atoms with E-state index in [9.17, 15) is 0 Å². The smallest absolute Gasteiger partial charge is 0.176 e. The van der Waals surface area contributed by atoms with Crippen molar-refractivity contribution in [3.05, 3.63) is 12.5 Å². The van der Waals surface area contributed by atoms with Crippen LogP contribution in [0, 0.1) is 0 Å². The zero-order valence-corrected chi connectivity index (χ0v) is 5.79. The second kappa shape index (κ2) is 4.84. The van der Waals surface area contributed by atoms with E-state index in [0.29, 0.717) is 0 Å². The molecule has 0 fully saturated rings. The quantitative estimate of drug-likeness (QED) is 0.442. The Kier molecular flexibility index (Phi) is 4.65. The van der Waals surface area contributed by atoms with Crippen LogP contribution in [0.2, 0.25) is 0 Å². The summed E-state index contributed by atoms with van der Waals surface area (Å²) in [7, 11) is 0. The summed E-state index contributed by atoms with van der Waals surface area (Å²) in [4.78, 5) is 0. The molecule has 3 heteroatoms. The molecule has 0 atom stereocenters. The van der Waals surface area contributed by atoms with Crippen molar-refractivity contribution in [2.24, 2.45) is 0 Å².